The summed E-state index contributed by atoms with van der Waals surface area (Å²) in [5, 5.41) is 0. The van der Waals surface area contributed by atoms with Crippen LogP contribution < -0.4 is 9.47 Å². The van der Waals surface area contributed by atoms with Gasteiger partial charge in [0.15, 0.2) is 0 Å². The van der Waals surface area contributed by atoms with Gasteiger partial charge < -0.3 is 19.3 Å². The van der Waals surface area contributed by atoms with Crippen LogP contribution in [0.15, 0.2) is 42.5 Å². The van der Waals surface area contributed by atoms with Crippen molar-refractivity contribution in [1.29, 1.82) is 0 Å². The van der Waals surface area contributed by atoms with Gasteiger partial charge in [-0.25, -0.2) is 4.39 Å². The molecule has 3 rings (SSSR count). The van der Waals surface area contributed by atoms with Gasteiger partial charge in [-0.1, -0.05) is 6.07 Å². The SMILES string of the molecule is COc1ccc(CCCN2CCN(C)CC2)cc1COc1ccc(F)cc1. The van der Waals surface area contributed by atoms with Crippen molar-refractivity contribution < 1.29 is 13.9 Å². The second kappa shape index (κ2) is 9.72. The third kappa shape index (κ3) is 5.94. The van der Waals surface area contributed by atoms with Gasteiger partial charge in [-0.2, -0.15) is 0 Å². The first-order valence-electron chi connectivity index (χ1n) is 9.59. The largest absolute Gasteiger partial charge is 0.496 e. The number of methoxy groups -OCH3 is 1. The second-order valence-electron chi connectivity index (χ2n) is 7.14. The van der Waals surface area contributed by atoms with Gasteiger partial charge in [-0.15, -0.1) is 0 Å². The minimum absolute atomic E-state index is 0.262. The smallest absolute Gasteiger partial charge is 0.125 e. The van der Waals surface area contributed by atoms with Gasteiger partial charge in [-0.3, -0.25) is 0 Å². The van der Waals surface area contributed by atoms with E-state index in [2.05, 4.69) is 29.0 Å². The summed E-state index contributed by atoms with van der Waals surface area (Å²) in [7, 11) is 3.86. The third-order valence-electron chi connectivity index (χ3n) is 5.09. The molecule has 0 unspecified atom stereocenters. The Balaban J connectivity index is 1.53. The number of ether oxygens (including phenoxy) is 2. The lowest BCUT2D eigenvalue weighted by molar-refractivity contribution is 0.153. The number of hydrogen-bond donors (Lipinski definition) is 0. The van der Waals surface area contributed by atoms with Gasteiger partial charge in [0.1, 0.15) is 23.9 Å². The number of benzene rings is 2. The molecule has 0 aromatic heterocycles. The average molecular weight is 372 g/mol. The molecule has 2 aromatic carbocycles. The van der Waals surface area contributed by atoms with Crippen LogP contribution in [0.2, 0.25) is 0 Å². The first kappa shape index (κ1) is 19.6. The minimum Gasteiger partial charge on any atom is -0.496 e. The van der Waals surface area contributed by atoms with E-state index in [0.717, 1.165) is 56.9 Å². The van der Waals surface area contributed by atoms with E-state index >= 15 is 0 Å². The van der Waals surface area contributed by atoms with Gasteiger partial charge >= 0.3 is 0 Å². The fourth-order valence-electron chi connectivity index (χ4n) is 3.37. The summed E-state index contributed by atoms with van der Waals surface area (Å²) >= 11 is 0. The topological polar surface area (TPSA) is 24.9 Å². The Labute approximate surface area is 161 Å². The summed E-state index contributed by atoms with van der Waals surface area (Å²) in [6.07, 6.45) is 2.19. The van der Waals surface area contributed by atoms with Crippen LogP contribution in [0.1, 0.15) is 17.5 Å². The Kier molecular flexibility index (Phi) is 7.07. The molecule has 146 valence electrons. The number of aryl methyl sites for hydroxylation is 1. The molecule has 0 aliphatic carbocycles. The molecular formula is C22H29FN2O2. The lowest BCUT2D eigenvalue weighted by Gasteiger charge is -2.32. The van der Waals surface area contributed by atoms with E-state index in [1.807, 2.05) is 6.07 Å². The van der Waals surface area contributed by atoms with Crippen molar-refractivity contribution in [3.63, 3.8) is 0 Å². The predicted molar refractivity (Wildman–Crippen MR) is 106 cm³/mol. The van der Waals surface area contributed by atoms with E-state index in [4.69, 9.17) is 9.47 Å². The van der Waals surface area contributed by atoms with Crippen molar-refractivity contribution in [3.8, 4) is 11.5 Å². The molecule has 0 radical (unpaired) electrons. The van der Waals surface area contributed by atoms with Crippen LogP contribution >= 0.6 is 0 Å². The number of nitrogens with zero attached hydrogens (tertiary/aromatic N) is 2. The van der Waals surface area contributed by atoms with E-state index in [1.54, 1.807) is 19.2 Å². The van der Waals surface area contributed by atoms with E-state index in [9.17, 15) is 4.39 Å². The lowest BCUT2D eigenvalue weighted by Crippen LogP contribution is -2.44. The summed E-state index contributed by atoms with van der Waals surface area (Å²) in [5.41, 5.74) is 2.31. The highest BCUT2D eigenvalue weighted by Crippen LogP contribution is 2.23. The molecule has 27 heavy (non-hydrogen) atoms. The molecule has 1 saturated heterocycles. The maximum absolute atomic E-state index is 13.0. The van der Waals surface area contributed by atoms with Crippen LogP contribution in [0.3, 0.4) is 0 Å². The summed E-state index contributed by atoms with van der Waals surface area (Å²) in [4.78, 5) is 4.93. The Morgan fingerprint density at radius 1 is 1.00 bits per heavy atom. The quantitative estimate of drug-likeness (QED) is 0.707. The Hall–Kier alpha value is -2.11. The molecule has 1 aliphatic rings. The fourth-order valence-corrected chi connectivity index (χ4v) is 3.37. The fraction of sp³-hybridized carbons (Fsp3) is 0.455. The van der Waals surface area contributed by atoms with Crippen molar-refractivity contribution in [2.75, 3.05) is 46.9 Å². The van der Waals surface area contributed by atoms with E-state index < -0.39 is 0 Å². The number of halogens is 1. The van der Waals surface area contributed by atoms with Crippen LogP contribution in [0.5, 0.6) is 11.5 Å². The van der Waals surface area contributed by atoms with Crippen molar-refractivity contribution in [2.45, 2.75) is 19.4 Å². The zero-order valence-corrected chi connectivity index (χ0v) is 16.3. The molecule has 5 heteroatoms. The van der Waals surface area contributed by atoms with Crippen LogP contribution in [-0.2, 0) is 13.0 Å². The van der Waals surface area contributed by atoms with Crippen LogP contribution in [0.25, 0.3) is 0 Å². The van der Waals surface area contributed by atoms with Crippen molar-refractivity contribution in [2.24, 2.45) is 0 Å². The predicted octanol–water partition coefficient (Wildman–Crippen LogP) is 3.59. The third-order valence-corrected chi connectivity index (χ3v) is 5.09. The highest BCUT2D eigenvalue weighted by molar-refractivity contribution is 5.37. The summed E-state index contributed by atoms with van der Waals surface area (Å²) < 4.78 is 24.3. The Bertz CT molecular complexity index is 713. The molecule has 0 N–H and O–H groups in total. The summed E-state index contributed by atoms with van der Waals surface area (Å²) in [6, 6.07) is 12.4. The average Bonchev–Trinajstić information content (AvgIpc) is 2.69. The lowest BCUT2D eigenvalue weighted by atomic mass is 10.1. The number of piperazine rings is 1. The normalized spacial score (nSPS) is 15.7. The van der Waals surface area contributed by atoms with Crippen LogP contribution in [0, 0.1) is 5.82 Å². The van der Waals surface area contributed by atoms with Gasteiger partial charge in [0.05, 0.1) is 7.11 Å². The minimum atomic E-state index is -0.262. The molecule has 4 nitrogen and oxygen atoms in total. The maximum Gasteiger partial charge on any atom is 0.125 e. The molecule has 1 aliphatic heterocycles. The zero-order valence-electron chi connectivity index (χ0n) is 16.3. The number of rotatable bonds is 8. The standard InChI is InChI=1S/C22H29FN2O2/c1-24-12-14-25(15-13-24)11-3-4-18-5-10-22(26-2)19(16-18)17-27-21-8-6-20(23)7-9-21/h5-10,16H,3-4,11-15,17H2,1-2H3. The number of hydrogen-bond acceptors (Lipinski definition) is 4. The van der Waals surface area contributed by atoms with E-state index in [1.165, 1.54) is 17.7 Å². The van der Waals surface area contributed by atoms with Gasteiger partial charge in [-0.05, 0) is 68.4 Å². The molecule has 0 atom stereocenters. The molecule has 0 bridgehead atoms. The van der Waals surface area contributed by atoms with Crippen LogP contribution in [0.4, 0.5) is 4.39 Å². The van der Waals surface area contributed by atoms with Gasteiger partial charge in [0.2, 0.25) is 0 Å². The molecule has 1 fully saturated rings. The molecule has 0 spiro atoms. The monoisotopic (exact) mass is 372 g/mol. The Morgan fingerprint density at radius 3 is 2.44 bits per heavy atom. The van der Waals surface area contributed by atoms with Gasteiger partial charge in [0, 0.05) is 31.7 Å². The summed E-state index contributed by atoms with van der Waals surface area (Å²) in [6.45, 7) is 6.19. The molecule has 0 amide bonds. The zero-order chi connectivity index (χ0) is 19.1. The van der Waals surface area contributed by atoms with Crippen molar-refractivity contribution >= 4 is 0 Å². The van der Waals surface area contributed by atoms with Gasteiger partial charge in [0.25, 0.3) is 0 Å². The highest BCUT2D eigenvalue weighted by Gasteiger charge is 2.13. The molecule has 2 aromatic rings. The van der Waals surface area contributed by atoms with Crippen LogP contribution in [-0.4, -0.2) is 56.7 Å². The molecule has 1 heterocycles. The first-order chi connectivity index (χ1) is 13.1. The second-order valence-corrected chi connectivity index (χ2v) is 7.14. The first-order valence-corrected chi connectivity index (χ1v) is 9.59. The Morgan fingerprint density at radius 2 is 1.74 bits per heavy atom. The van der Waals surface area contributed by atoms with Crippen molar-refractivity contribution in [3.05, 3.63) is 59.4 Å². The van der Waals surface area contributed by atoms with E-state index in [0.29, 0.717) is 12.4 Å². The molecular weight excluding hydrogens is 343 g/mol. The summed E-state index contributed by atoms with van der Waals surface area (Å²) in [5.74, 6) is 1.21. The maximum atomic E-state index is 13.0. The molecule has 0 saturated carbocycles. The number of likely N-dealkylation sites (N-methyl/N-ethyl adjacent to an activating group) is 1. The van der Waals surface area contributed by atoms with E-state index in [-0.39, 0.29) is 5.82 Å². The highest BCUT2D eigenvalue weighted by atomic mass is 19.1. The van der Waals surface area contributed by atoms with Crippen molar-refractivity contribution in [1.82, 2.24) is 9.80 Å².